The number of halogens is 2. The Bertz CT molecular complexity index is 297. The second kappa shape index (κ2) is 3.72. The van der Waals surface area contributed by atoms with Crippen LogP contribution in [0, 0.1) is 13.8 Å². The van der Waals surface area contributed by atoms with Gasteiger partial charge in [0.05, 0.1) is 5.69 Å². The van der Waals surface area contributed by atoms with Crippen molar-refractivity contribution in [3.63, 3.8) is 0 Å². The number of alkyl halides is 2. The molecule has 0 bridgehead atoms. The Morgan fingerprint density at radius 1 is 1.46 bits per heavy atom. The summed E-state index contributed by atoms with van der Waals surface area (Å²) in [7, 11) is 1.75. The van der Waals surface area contributed by atoms with Crippen molar-refractivity contribution in [2.45, 2.75) is 20.3 Å². The van der Waals surface area contributed by atoms with Crippen molar-refractivity contribution in [3.05, 3.63) is 11.4 Å². The van der Waals surface area contributed by atoms with Crippen LogP contribution in [0.2, 0.25) is 0 Å². The third-order valence-corrected chi connectivity index (χ3v) is 1.80. The third kappa shape index (κ3) is 2.17. The summed E-state index contributed by atoms with van der Waals surface area (Å²) in [5, 5.41) is 4.04. The molecule has 13 heavy (non-hydrogen) atoms. The highest BCUT2D eigenvalue weighted by Crippen LogP contribution is 2.21. The van der Waals surface area contributed by atoms with Crippen LogP contribution < -0.4 is 4.74 Å². The number of nitrogens with zero attached hydrogens (tertiary/aromatic N) is 2. The Morgan fingerprint density at radius 3 is 2.46 bits per heavy atom. The quantitative estimate of drug-likeness (QED) is 0.725. The van der Waals surface area contributed by atoms with Gasteiger partial charge in [0, 0.05) is 7.05 Å². The average Bonchev–Trinajstić information content (AvgIpc) is 2.24. The smallest absolute Gasteiger partial charge is 0.272 e. The van der Waals surface area contributed by atoms with E-state index < -0.39 is 13.0 Å². The van der Waals surface area contributed by atoms with Gasteiger partial charge in [-0.3, -0.25) is 4.68 Å². The van der Waals surface area contributed by atoms with Gasteiger partial charge < -0.3 is 4.74 Å². The fourth-order valence-corrected chi connectivity index (χ4v) is 1.11. The lowest BCUT2D eigenvalue weighted by molar-refractivity contribution is 0.0812. The summed E-state index contributed by atoms with van der Waals surface area (Å²) in [6.45, 7) is 2.93. The summed E-state index contributed by atoms with van der Waals surface area (Å²) < 4.78 is 30.2. The van der Waals surface area contributed by atoms with Gasteiger partial charge in [-0.2, -0.15) is 5.10 Å². The van der Waals surface area contributed by atoms with Crippen LogP contribution in [0.5, 0.6) is 5.75 Å². The molecular formula is C8H12F2N2O. The van der Waals surface area contributed by atoms with Crippen LogP contribution in [0.4, 0.5) is 8.78 Å². The molecule has 0 aromatic carbocycles. The monoisotopic (exact) mass is 190 g/mol. The molecule has 0 saturated carbocycles. The molecule has 0 spiro atoms. The number of hydrogen-bond donors (Lipinski definition) is 0. The van der Waals surface area contributed by atoms with Gasteiger partial charge in [0.1, 0.15) is 12.3 Å². The molecule has 0 atom stereocenters. The van der Waals surface area contributed by atoms with E-state index in [0.717, 1.165) is 5.69 Å². The van der Waals surface area contributed by atoms with Gasteiger partial charge >= 0.3 is 0 Å². The number of rotatable bonds is 3. The topological polar surface area (TPSA) is 27.1 Å². The van der Waals surface area contributed by atoms with Gasteiger partial charge in [0.2, 0.25) is 0 Å². The molecule has 0 N–H and O–H groups in total. The minimum atomic E-state index is -2.45. The summed E-state index contributed by atoms with van der Waals surface area (Å²) in [5.74, 6) is 0.461. The lowest BCUT2D eigenvalue weighted by Gasteiger charge is -2.04. The maximum Gasteiger partial charge on any atom is 0.272 e. The second-order valence-corrected chi connectivity index (χ2v) is 2.83. The summed E-state index contributed by atoms with van der Waals surface area (Å²) in [6.07, 6.45) is -2.45. The molecule has 74 valence electrons. The summed E-state index contributed by atoms with van der Waals surface area (Å²) in [5.41, 5.74) is 1.40. The molecule has 0 aliphatic carbocycles. The molecule has 0 radical (unpaired) electrons. The minimum Gasteiger partial charge on any atom is -0.484 e. The van der Waals surface area contributed by atoms with Crippen molar-refractivity contribution in [1.82, 2.24) is 9.78 Å². The first-order valence-corrected chi connectivity index (χ1v) is 3.93. The molecule has 0 aliphatic rings. The molecule has 1 heterocycles. The van der Waals surface area contributed by atoms with E-state index in [0.29, 0.717) is 11.4 Å². The Kier molecular flexibility index (Phi) is 2.85. The van der Waals surface area contributed by atoms with Crippen LogP contribution in [-0.2, 0) is 7.05 Å². The Morgan fingerprint density at radius 2 is 2.08 bits per heavy atom. The molecule has 0 amide bonds. The Labute approximate surface area is 75.3 Å². The third-order valence-electron chi connectivity index (χ3n) is 1.80. The zero-order valence-corrected chi connectivity index (χ0v) is 7.84. The maximum atomic E-state index is 11.8. The Balaban J connectivity index is 2.76. The number of hydrogen-bond acceptors (Lipinski definition) is 2. The lowest BCUT2D eigenvalue weighted by atomic mass is 10.3. The highest BCUT2D eigenvalue weighted by Gasteiger charge is 2.12. The molecule has 3 nitrogen and oxygen atoms in total. The first-order chi connectivity index (χ1) is 6.02. The van der Waals surface area contributed by atoms with Crippen molar-refractivity contribution in [2.75, 3.05) is 6.61 Å². The van der Waals surface area contributed by atoms with Gasteiger partial charge in [-0.1, -0.05) is 0 Å². The van der Waals surface area contributed by atoms with Crippen LogP contribution in [0.15, 0.2) is 0 Å². The van der Waals surface area contributed by atoms with Crippen molar-refractivity contribution in [1.29, 1.82) is 0 Å². The highest BCUT2D eigenvalue weighted by molar-refractivity contribution is 5.31. The standard InChI is InChI=1S/C8H12F2N2O/c1-5-8(13-4-7(9)10)6(2)12(3)11-5/h7H,4H2,1-3H3. The van der Waals surface area contributed by atoms with Crippen LogP contribution in [0.1, 0.15) is 11.4 Å². The predicted octanol–water partition coefficient (Wildman–Crippen LogP) is 1.68. The van der Waals surface area contributed by atoms with E-state index >= 15 is 0 Å². The van der Waals surface area contributed by atoms with Crippen molar-refractivity contribution in [2.24, 2.45) is 7.05 Å². The molecule has 0 aliphatic heterocycles. The van der Waals surface area contributed by atoms with Crippen LogP contribution in [0.25, 0.3) is 0 Å². The van der Waals surface area contributed by atoms with E-state index in [1.54, 1.807) is 25.6 Å². The van der Waals surface area contributed by atoms with E-state index in [9.17, 15) is 8.78 Å². The van der Waals surface area contributed by atoms with Crippen molar-refractivity contribution < 1.29 is 13.5 Å². The molecule has 1 aromatic heterocycles. The van der Waals surface area contributed by atoms with Gasteiger partial charge in [-0.15, -0.1) is 0 Å². The van der Waals surface area contributed by atoms with E-state index in [1.807, 2.05) is 0 Å². The molecule has 1 aromatic rings. The van der Waals surface area contributed by atoms with E-state index in [1.165, 1.54) is 0 Å². The molecule has 0 unspecified atom stereocenters. The lowest BCUT2D eigenvalue weighted by Crippen LogP contribution is -2.08. The van der Waals surface area contributed by atoms with Crippen LogP contribution >= 0.6 is 0 Å². The molecule has 1 rings (SSSR count). The molecular weight excluding hydrogens is 178 g/mol. The first-order valence-electron chi connectivity index (χ1n) is 3.93. The zero-order chi connectivity index (χ0) is 10.0. The fraction of sp³-hybridized carbons (Fsp3) is 0.625. The fourth-order valence-electron chi connectivity index (χ4n) is 1.11. The average molecular weight is 190 g/mol. The van der Waals surface area contributed by atoms with E-state index in [4.69, 9.17) is 4.74 Å². The van der Waals surface area contributed by atoms with E-state index in [-0.39, 0.29) is 0 Å². The molecule has 0 fully saturated rings. The number of aromatic nitrogens is 2. The number of ether oxygens (including phenoxy) is 1. The first kappa shape index (κ1) is 9.95. The molecule has 5 heteroatoms. The highest BCUT2D eigenvalue weighted by atomic mass is 19.3. The van der Waals surface area contributed by atoms with Crippen molar-refractivity contribution in [3.8, 4) is 5.75 Å². The summed E-state index contributed by atoms with van der Waals surface area (Å²) in [6, 6.07) is 0. The number of aryl methyl sites for hydroxylation is 2. The summed E-state index contributed by atoms with van der Waals surface area (Å²) >= 11 is 0. The summed E-state index contributed by atoms with van der Waals surface area (Å²) in [4.78, 5) is 0. The van der Waals surface area contributed by atoms with Gasteiger partial charge in [0.15, 0.2) is 5.75 Å². The normalized spacial score (nSPS) is 10.9. The van der Waals surface area contributed by atoms with Gasteiger partial charge in [-0.25, -0.2) is 8.78 Å². The SMILES string of the molecule is Cc1nn(C)c(C)c1OCC(F)F. The minimum absolute atomic E-state index is 0.461. The maximum absolute atomic E-state index is 11.8. The Hall–Kier alpha value is -1.13. The largest absolute Gasteiger partial charge is 0.484 e. The molecule has 0 saturated heterocycles. The second-order valence-electron chi connectivity index (χ2n) is 2.83. The van der Waals surface area contributed by atoms with Crippen LogP contribution in [0.3, 0.4) is 0 Å². The zero-order valence-electron chi connectivity index (χ0n) is 7.84. The van der Waals surface area contributed by atoms with Crippen molar-refractivity contribution >= 4 is 0 Å². The van der Waals surface area contributed by atoms with Gasteiger partial charge in [-0.05, 0) is 13.8 Å². The predicted molar refractivity (Wildman–Crippen MR) is 44.2 cm³/mol. The van der Waals surface area contributed by atoms with E-state index in [2.05, 4.69) is 5.10 Å². The van der Waals surface area contributed by atoms with Crippen LogP contribution in [-0.4, -0.2) is 22.8 Å². The van der Waals surface area contributed by atoms with Gasteiger partial charge in [0.25, 0.3) is 6.43 Å².